The standard InChI is InChI=1S/C24H25N5O3/c1-16-11-18(12-25)3-5-20(16)21-14-27-29(24(21)31)22-6-4-19(13-26-22)23(30)28-9-7-17(8-10-28)15-32-2/h3-6,11,13-14,17,27H,7-10,15H2,1-2H3. The van der Waals surface area contributed by atoms with Gasteiger partial charge < -0.3 is 9.64 Å². The molecule has 1 N–H and O–H groups in total. The first-order valence-corrected chi connectivity index (χ1v) is 10.6. The summed E-state index contributed by atoms with van der Waals surface area (Å²) in [6.45, 7) is 4.01. The highest BCUT2D eigenvalue weighted by Gasteiger charge is 2.24. The van der Waals surface area contributed by atoms with E-state index < -0.39 is 0 Å². The number of rotatable bonds is 5. The molecule has 1 amide bonds. The third kappa shape index (κ3) is 4.20. The van der Waals surface area contributed by atoms with Crippen LogP contribution in [0.5, 0.6) is 0 Å². The molecule has 1 saturated heterocycles. The Morgan fingerprint density at radius 2 is 2.03 bits per heavy atom. The van der Waals surface area contributed by atoms with Gasteiger partial charge in [-0.2, -0.15) is 5.26 Å². The molecule has 8 nitrogen and oxygen atoms in total. The summed E-state index contributed by atoms with van der Waals surface area (Å²) in [6, 6.07) is 10.7. The van der Waals surface area contributed by atoms with Crippen LogP contribution in [0.2, 0.25) is 0 Å². The van der Waals surface area contributed by atoms with E-state index in [-0.39, 0.29) is 11.5 Å². The molecule has 32 heavy (non-hydrogen) atoms. The normalized spacial score (nSPS) is 14.3. The molecule has 8 heteroatoms. The fourth-order valence-corrected chi connectivity index (χ4v) is 4.13. The summed E-state index contributed by atoms with van der Waals surface area (Å²) >= 11 is 0. The molecule has 3 aromatic rings. The number of carbonyl (C=O) groups is 1. The molecule has 164 valence electrons. The van der Waals surface area contributed by atoms with Gasteiger partial charge >= 0.3 is 0 Å². The van der Waals surface area contributed by atoms with E-state index in [1.807, 2.05) is 11.8 Å². The molecular weight excluding hydrogens is 406 g/mol. The predicted octanol–water partition coefficient (Wildman–Crippen LogP) is 2.91. The van der Waals surface area contributed by atoms with Crippen LogP contribution in [0.15, 0.2) is 47.5 Å². The van der Waals surface area contributed by atoms with Crippen molar-refractivity contribution >= 4 is 5.91 Å². The summed E-state index contributed by atoms with van der Waals surface area (Å²) in [4.78, 5) is 32.0. The lowest BCUT2D eigenvalue weighted by molar-refractivity contribution is 0.0613. The van der Waals surface area contributed by atoms with Crippen molar-refractivity contribution in [1.29, 1.82) is 5.26 Å². The number of methoxy groups -OCH3 is 1. The third-order valence-corrected chi connectivity index (χ3v) is 5.95. The van der Waals surface area contributed by atoms with Crippen LogP contribution in [-0.4, -0.2) is 52.4 Å². The molecule has 1 aliphatic heterocycles. The summed E-state index contributed by atoms with van der Waals surface area (Å²) in [5.74, 6) is 0.855. The Bertz CT molecular complexity index is 1210. The maximum atomic E-state index is 13.0. The van der Waals surface area contributed by atoms with Gasteiger partial charge in [-0.1, -0.05) is 6.07 Å². The van der Waals surface area contributed by atoms with Gasteiger partial charge in [0.15, 0.2) is 5.82 Å². The van der Waals surface area contributed by atoms with Crippen LogP contribution >= 0.6 is 0 Å². The second-order valence-electron chi connectivity index (χ2n) is 8.07. The zero-order valence-corrected chi connectivity index (χ0v) is 18.2. The van der Waals surface area contributed by atoms with Crippen molar-refractivity contribution in [3.05, 3.63) is 69.8 Å². The smallest absolute Gasteiger partial charge is 0.280 e. The molecule has 0 unspecified atom stereocenters. The number of aromatic amines is 1. The van der Waals surface area contributed by atoms with E-state index >= 15 is 0 Å². The Morgan fingerprint density at radius 1 is 1.25 bits per heavy atom. The lowest BCUT2D eigenvalue weighted by Gasteiger charge is -2.31. The van der Waals surface area contributed by atoms with E-state index in [0.29, 0.717) is 41.5 Å². The van der Waals surface area contributed by atoms with Gasteiger partial charge in [-0.05, 0) is 61.1 Å². The van der Waals surface area contributed by atoms with Crippen LogP contribution in [0.1, 0.15) is 34.3 Å². The molecule has 2 aromatic heterocycles. The number of pyridine rings is 1. The number of hydrogen-bond acceptors (Lipinski definition) is 5. The van der Waals surface area contributed by atoms with Gasteiger partial charge in [-0.15, -0.1) is 0 Å². The number of H-pyrrole nitrogens is 1. The molecule has 1 aliphatic rings. The van der Waals surface area contributed by atoms with Crippen molar-refractivity contribution in [2.24, 2.45) is 5.92 Å². The van der Waals surface area contributed by atoms with E-state index in [1.165, 1.54) is 10.9 Å². The van der Waals surface area contributed by atoms with Crippen LogP contribution < -0.4 is 5.56 Å². The number of aryl methyl sites for hydroxylation is 1. The van der Waals surface area contributed by atoms with Crippen molar-refractivity contribution in [2.45, 2.75) is 19.8 Å². The van der Waals surface area contributed by atoms with Crippen LogP contribution in [0.25, 0.3) is 16.9 Å². The van der Waals surface area contributed by atoms with Gasteiger partial charge in [0.05, 0.1) is 22.8 Å². The van der Waals surface area contributed by atoms with E-state index in [1.54, 1.807) is 43.6 Å². The lowest BCUT2D eigenvalue weighted by Crippen LogP contribution is -2.39. The SMILES string of the molecule is COCC1CCN(C(=O)c2ccc(-n3[nH]cc(-c4ccc(C#N)cc4C)c3=O)nc2)CC1. The summed E-state index contributed by atoms with van der Waals surface area (Å²) in [5.41, 5.74) is 2.90. The Balaban J connectivity index is 1.51. The van der Waals surface area contributed by atoms with E-state index in [0.717, 1.165) is 30.6 Å². The fraction of sp³-hybridized carbons (Fsp3) is 0.333. The highest BCUT2D eigenvalue weighted by molar-refractivity contribution is 5.94. The first-order chi connectivity index (χ1) is 15.5. The van der Waals surface area contributed by atoms with Gasteiger partial charge in [0.1, 0.15) is 0 Å². The van der Waals surface area contributed by atoms with Crippen molar-refractivity contribution in [1.82, 2.24) is 19.7 Å². The fourth-order valence-electron chi connectivity index (χ4n) is 4.13. The minimum atomic E-state index is -0.246. The van der Waals surface area contributed by atoms with Gasteiger partial charge in [0, 0.05) is 39.2 Å². The van der Waals surface area contributed by atoms with Crippen LogP contribution in [0.3, 0.4) is 0 Å². The molecule has 0 bridgehead atoms. The first kappa shape index (κ1) is 21.5. The number of aromatic nitrogens is 3. The molecule has 0 atom stereocenters. The molecule has 3 heterocycles. The number of nitriles is 1. The first-order valence-electron chi connectivity index (χ1n) is 10.6. The van der Waals surface area contributed by atoms with Crippen LogP contribution in [0.4, 0.5) is 0 Å². The van der Waals surface area contributed by atoms with Gasteiger partial charge in [-0.25, -0.2) is 9.67 Å². The average molecular weight is 431 g/mol. The number of amides is 1. The van der Waals surface area contributed by atoms with E-state index in [2.05, 4.69) is 16.2 Å². The maximum absolute atomic E-state index is 13.0. The summed E-state index contributed by atoms with van der Waals surface area (Å²) < 4.78 is 6.56. The second kappa shape index (κ2) is 9.20. The third-order valence-electron chi connectivity index (χ3n) is 5.95. The number of likely N-dealkylation sites (tertiary alicyclic amines) is 1. The van der Waals surface area contributed by atoms with Gasteiger partial charge in [0.2, 0.25) is 0 Å². The minimum absolute atomic E-state index is 0.0485. The van der Waals surface area contributed by atoms with Crippen molar-refractivity contribution in [3.8, 4) is 23.0 Å². The number of piperidine rings is 1. The van der Waals surface area contributed by atoms with E-state index in [4.69, 9.17) is 10.00 Å². The number of nitrogens with one attached hydrogen (secondary N) is 1. The zero-order valence-electron chi connectivity index (χ0n) is 18.2. The Morgan fingerprint density at radius 3 is 2.66 bits per heavy atom. The monoisotopic (exact) mass is 431 g/mol. The Hall–Kier alpha value is -3.70. The number of carbonyl (C=O) groups excluding carboxylic acids is 1. The Labute approximate surface area is 186 Å². The highest BCUT2D eigenvalue weighted by Crippen LogP contribution is 2.22. The topological polar surface area (TPSA) is 104 Å². The molecule has 1 fully saturated rings. The molecular formula is C24H25N5O3. The summed E-state index contributed by atoms with van der Waals surface area (Å²) in [7, 11) is 1.70. The summed E-state index contributed by atoms with van der Waals surface area (Å²) in [6.07, 6.45) is 5.00. The highest BCUT2D eigenvalue weighted by atomic mass is 16.5. The molecule has 0 saturated carbocycles. The van der Waals surface area contributed by atoms with Crippen molar-refractivity contribution in [3.63, 3.8) is 0 Å². The average Bonchev–Trinajstić information content (AvgIpc) is 3.20. The molecule has 0 aliphatic carbocycles. The number of hydrogen-bond donors (Lipinski definition) is 1. The molecule has 4 rings (SSSR count). The Kier molecular flexibility index (Phi) is 6.19. The largest absolute Gasteiger partial charge is 0.384 e. The number of benzene rings is 1. The van der Waals surface area contributed by atoms with Gasteiger partial charge in [-0.3, -0.25) is 14.7 Å². The molecule has 1 aromatic carbocycles. The molecule has 0 spiro atoms. The maximum Gasteiger partial charge on any atom is 0.280 e. The number of nitrogens with zero attached hydrogens (tertiary/aromatic N) is 4. The molecule has 0 radical (unpaired) electrons. The van der Waals surface area contributed by atoms with Crippen molar-refractivity contribution < 1.29 is 9.53 Å². The van der Waals surface area contributed by atoms with Gasteiger partial charge in [0.25, 0.3) is 11.5 Å². The van der Waals surface area contributed by atoms with Crippen LogP contribution in [0, 0.1) is 24.2 Å². The summed E-state index contributed by atoms with van der Waals surface area (Å²) in [5, 5.41) is 12.0. The van der Waals surface area contributed by atoms with Crippen molar-refractivity contribution in [2.75, 3.05) is 26.8 Å². The van der Waals surface area contributed by atoms with E-state index in [9.17, 15) is 9.59 Å². The minimum Gasteiger partial charge on any atom is -0.384 e. The lowest BCUT2D eigenvalue weighted by atomic mass is 9.97. The second-order valence-corrected chi connectivity index (χ2v) is 8.07. The van der Waals surface area contributed by atoms with Crippen LogP contribution in [-0.2, 0) is 4.74 Å². The quantitative estimate of drug-likeness (QED) is 0.669. The number of ether oxygens (including phenoxy) is 1. The zero-order chi connectivity index (χ0) is 22.7. The predicted molar refractivity (Wildman–Crippen MR) is 120 cm³/mol.